The minimum atomic E-state index is -0.880. The fourth-order valence-electron chi connectivity index (χ4n) is 2.71. The average Bonchev–Trinajstić information content (AvgIpc) is 2.70. The van der Waals surface area contributed by atoms with E-state index in [4.69, 9.17) is 4.74 Å². The maximum atomic E-state index is 12.9. The van der Waals surface area contributed by atoms with Crippen LogP contribution in [0.4, 0.5) is 10.5 Å². The number of barbiturate groups is 1. The van der Waals surface area contributed by atoms with E-state index in [1.165, 1.54) is 44.6 Å². The lowest BCUT2D eigenvalue weighted by atomic mass is 10.1. The normalized spacial score (nSPS) is 15.3. The number of carbonyl (C=O) groups is 4. The number of nitrogens with zero attached hydrogens (tertiary/aromatic N) is 1. The van der Waals surface area contributed by atoms with E-state index in [0.29, 0.717) is 15.8 Å². The predicted molar refractivity (Wildman–Crippen MR) is 107 cm³/mol. The Morgan fingerprint density at radius 1 is 1.07 bits per heavy atom. The van der Waals surface area contributed by atoms with Gasteiger partial charge in [-0.2, -0.15) is 0 Å². The van der Waals surface area contributed by atoms with Gasteiger partial charge in [-0.1, -0.05) is 15.9 Å². The maximum absolute atomic E-state index is 12.9. The number of hydrogen-bond acceptors (Lipinski definition) is 6. The fraction of sp³-hybridized carbons (Fsp3) is 0.100. The van der Waals surface area contributed by atoms with Crippen molar-refractivity contribution in [1.29, 1.82) is 0 Å². The van der Waals surface area contributed by atoms with Crippen LogP contribution < -0.4 is 15.0 Å². The Kier molecular flexibility index (Phi) is 5.79. The summed E-state index contributed by atoms with van der Waals surface area (Å²) in [5.41, 5.74) is 0.770. The third kappa shape index (κ3) is 4.19. The zero-order valence-electron chi connectivity index (χ0n) is 15.4. The highest BCUT2D eigenvalue weighted by Gasteiger charge is 2.36. The molecule has 148 valence electrons. The molecule has 9 heteroatoms. The highest BCUT2D eigenvalue weighted by atomic mass is 79.9. The summed E-state index contributed by atoms with van der Waals surface area (Å²) in [6.07, 6.45) is 1.37. The number of esters is 1. The monoisotopic (exact) mass is 458 g/mol. The Balaban J connectivity index is 1.98. The Morgan fingerprint density at radius 3 is 2.38 bits per heavy atom. The summed E-state index contributed by atoms with van der Waals surface area (Å²) < 4.78 is 10.5. The van der Waals surface area contributed by atoms with E-state index in [1.807, 2.05) is 0 Å². The van der Waals surface area contributed by atoms with Crippen molar-refractivity contribution in [2.75, 3.05) is 19.1 Å². The quantitative estimate of drug-likeness (QED) is 0.429. The second-order valence-electron chi connectivity index (χ2n) is 5.92. The minimum absolute atomic E-state index is 0.199. The van der Waals surface area contributed by atoms with Gasteiger partial charge in [0.25, 0.3) is 11.8 Å². The molecule has 0 aliphatic carbocycles. The lowest BCUT2D eigenvalue weighted by molar-refractivity contribution is -0.122. The van der Waals surface area contributed by atoms with Crippen LogP contribution in [0.25, 0.3) is 6.08 Å². The van der Waals surface area contributed by atoms with Crippen LogP contribution in [-0.2, 0) is 14.3 Å². The molecule has 8 nitrogen and oxygen atoms in total. The predicted octanol–water partition coefficient (Wildman–Crippen LogP) is 2.91. The topological polar surface area (TPSA) is 102 Å². The largest absolute Gasteiger partial charge is 0.497 e. The number of urea groups is 1. The van der Waals surface area contributed by atoms with Crippen molar-refractivity contribution in [2.45, 2.75) is 0 Å². The molecule has 0 unspecified atom stereocenters. The van der Waals surface area contributed by atoms with E-state index in [9.17, 15) is 19.2 Å². The summed E-state index contributed by atoms with van der Waals surface area (Å²) in [5, 5.41) is 2.14. The maximum Gasteiger partial charge on any atom is 0.337 e. The standard InChI is InChI=1S/C20H15BrN2O6/c1-28-15-8-11(7-13(21)10-15)9-16-17(24)22-20(27)23(18(16)25)14-5-3-12(4-6-14)19(26)29-2/h3-10H,1-2H3,(H,22,24,27)/b16-9+. The molecule has 4 amide bonds. The zero-order valence-corrected chi connectivity index (χ0v) is 17.0. The molecule has 0 bridgehead atoms. The summed E-state index contributed by atoms with van der Waals surface area (Å²) in [7, 11) is 2.74. The molecule has 1 N–H and O–H groups in total. The third-order valence-electron chi connectivity index (χ3n) is 4.09. The van der Waals surface area contributed by atoms with Crippen LogP contribution in [0, 0.1) is 0 Å². The van der Waals surface area contributed by atoms with Gasteiger partial charge in [0.05, 0.1) is 25.5 Å². The lowest BCUT2D eigenvalue weighted by Crippen LogP contribution is -2.54. The van der Waals surface area contributed by atoms with E-state index in [1.54, 1.807) is 18.2 Å². The molecule has 0 aromatic heterocycles. The first-order chi connectivity index (χ1) is 13.8. The smallest absolute Gasteiger partial charge is 0.337 e. The number of ether oxygens (including phenoxy) is 2. The van der Waals surface area contributed by atoms with Crippen molar-refractivity contribution in [3.63, 3.8) is 0 Å². The van der Waals surface area contributed by atoms with Crippen LogP contribution in [0.5, 0.6) is 5.75 Å². The van der Waals surface area contributed by atoms with E-state index in [-0.39, 0.29) is 16.8 Å². The van der Waals surface area contributed by atoms with Crippen LogP contribution in [0.3, 0.4) is 0 Å². The molecule has 0 atom stereocenters. The molecule has 3 rings (SSSR count). The number of anilines is 1. The van der Waals surface area contributed by atoms with Crippen molar-refractivity contribution in [3.05, 3.63) is 63.6 Å². The molecule has 2 aromatic rings. The van der Waals surface area contributed by atoms with Crippen molar-refractivity contribution >= 4 is 51.5 Å². The molecule has 2 aromatic carbocycles. The van der Waals surface area contributed by atoms with Gasteiger partial charge < -0.3 is 9.47 Å². The molecular weight excluding hydrogens is 444 g/mol. The number of halogens is 1. The first kappa shape index (κ1) is 20.3. The summed E-state index contributed by atoms with van der Waals surface area (Å²) >= 11 is 3.33. The molecule has 1 saturated heterocycles. The molecule has 1 aliphatic rings. The van der Waals surface area contributed by atoms with E-state index < -0.39 is 23.8 Å². The average molecular weight is 459 g/mol. The van der Waals surface area contributed by atoms with Gasteiger partial charge in [0.1, 0.15) is 11.3 Å². The molecule has 0 spiro atoms. The van der Waals surface area contributed by atoms with Gasteiger partial charge >= 0.3 is 12.0 Å². The number of hydrogen-bond donors (Lipinski definition) is 1. The van der Waals surface area contributed by atoms with Crippen LogP contribution in [0.15, 0.2) is 52.5 Å². The lowest BCUT2D eigenvalue weighted by Gasteiger charge is -2.26. The van der Waals surface area contributed by atoms with Gasteiger partial charge in [-0.3, -0.25) is 14.9 Å². The van der Waals surface area contributed by atoms with Gasteiger partial charge in [-0.05, 0) is 54.1 Å². The van der Waals surface area contributed by atoms with Crippen LogP contribution in [0.2, 0.25) is 0 Å². The van der Waals surface area contributed by atoms with E-state index >= 15 is 0 Å². The van der Waals surface area contributed by atoms with E-state index in [0.717, 1.165) is 4.90 Å². The summed E-state index contributed by atoms with van der Waals surface area (Å²) in [6, 6.07) is 9.85. The highest BCUT2D eigenvalue weighted by Crippen LogP contribution is 2.26. The van der Waals surface area contributed by atoms with Gasteiger partial charge in [-0.25, -0.2) is 14.5 Å². The molecular formula is C20H15BrN2O6. The van der Waals surface area contributed by atoms with Crippen molar-refractivity contribution in [3.8, 4) is 5.75 Å². The summed E-state index contributed by atoms with van der Waals surface area (Å²) in [5.74, 6) is -1.61. The van der Waals surface area contributed by atoms with Gasteiger partial charge in [0, 0.05) is 4.47 Å². The van der Waals surface area contributed by atoms with Crippen LogP contribution >= 0.6 is 15.9 Å². The van der Waals surface area contributed by atoms with Crippen molar-refractivity contribution < 1.29 is 28.7 Å². The van der Waals surface area contributed by atoms with Gasteiger partial charge in [0.2, 0.25) is 0 Å². The number of nitrogens with one attached hydrogen (secondary N) is 1. The zero-order chi connectivity index (χ0) is 21.1. The number of carbonyl (C=O) groups excluding carboxylic acids is 4. The highest BCUT2D eigenvalue weighted by molar-refractivity contribution is 9.10. The molecule has 1 fully saturated rings. The second kappa shape index (κ2) is 8.27. The van der Waals surface area contributed by atoms with Crippen molar-refractivity contribution in [1.82, 2.24) is 5.32 Å². The molecule has 29 heavy (non-hydrogen) atoms. The number of benzene rings is 2. The number of amides is 4. The Bertz CT molecular complexity index is 1050. The summed E-state index contributed by atoms with van der Waals surface area (Å²) in [4.78, 5) is 49.8. The summed E-state index contributed by atoms with van der Waals surface area (Å²) in [6.45, 7) is 0. The number of imide groups is 2. The van der Waals surface area contributed by atoms with Crippen molar-refractivity contribution in [2.24, 2.45) is 0 Å². The number of rotatable bonds is 4. The van der Waals surface area contributed by atoms with Gasteiger partial charge in [-0.15, -0.1) is 0 Å². The Hall–Kier alpha value is -3.46. The molecule has 0 radical (unpaired) electrons. The minimum Gasteiger partial charge on any atom is -0.497 e. The number of methoxy groups -OCH3 is 2. The Morgan fingerprint density at radius 2 is 1.76 bits per heavy atom. The third-order valence-corrected chi connectivity index (χ3v) is 4.55. The van der Waals surface area contributed by atoms with Crippen LogP contribution in [-0.4, -0.2) is 38.0 Å². The second-order valence-corrected chi connectivity index (χ2v) is 6.84. The molecule has 1 aliphatic heterocycles. The molecule has 1 heterocycles. The first-order valence-electron chi connectivity index (χ1n) is 8.28. The van der Waals surface area contributed by atoms with E-state index in [2.05, 4.69) is 26.0 Å². The van der Waals surface area contributed by atoms with Crippen LogP contribution in [0.1, 0.15) is 15.9 Å². The van der Waals surface area contributed by atoms with Gasteiger partial charge in [0.15, 0.2) is 0 Å². The Labute approximate surface area is 174 Å². The molecule has 0 saturated carbocycles. The fourth-order valence-corrected chi connectivity index (χ4v) is 3.20. The SMILES string of the molecule is COC(=O)c1ccc(N2C(=O)NC(=O)/C(=C\c3cc(Br)cc(OC)c3)C2=O)cc1. The first-order valence-corrected chi connectivity index (χ1v) is 9.07.